The van der Waals surface area contributed by atoms with Crippen LogP contribution in [0.5, 0.6) is 0 Å². The predicted octanol–water partition coefficient (Wildman–Crippen LogP) is 2.00. The number of nitrogens with one attached hydrogen (secondary N) is 1. The highest BCUT2D eigenvalue weighted by Crippen LogP contribution is 2.20. The molecule has 1 unspecified atom stereocenters. The van der Waals surface area contributed by atoms with Crippen LogP contribution in [0, 0.1) is 0 Å². The predicted molar refractivity (Wildman–Crippen MR) is 69.5 cm³/mol. The number of rotatable bonds is 4. The molecule has 1 aromatic heterocycles. The van der Waals surface area contributed by atoms with Crippen molar-refractivity contribution >= 4 is 17.4 Å². The second-order valence-corrected chi connectivity index (χ2v) is 4.71. The van der Waals surface area contributed by atoms with Crippen molar-refractivity contribution in [3.63, 3.8) is 0 Å². The largest absolute Gasteiger partial charge is 0.380 e. The molecule has 4 nitrogen and oxygen atoms in total. The second kappa shape index (κ2) is 5.67. The van der Waals surface area contributed by atoms with Crippen molar-refractivity contribution in [1.82, 2.24) is 9.88 Å². The van der Waals surface area contributed by atoms with Crippen LogP contribution in [-0.2, 0) is 11.3 Å². The maximum absolute atomic E-state index is 6.16. The van der Waals surface area contributed by atoms with Crippen molar-refractivity contribution in [2.24, 2.45) is 0 Å². The number of likely N-dealkylation sites (N-methyl/N-ethyl adjacent to an activating group) is 1. The standard InChI is InChI=1S/C12H18ClN3O/c1-14-12-4-3-10(13)11(15-12)7-16(2)9-5-6-17-8-9/h3-4,9H,5-8H2,1-2H3,(H,14,15). The van der Waals surface area contributed by atoms with Crippen LogP contribution in [0.25, 0.3) is 0 Å². The van der Waals surface area contributed by atoms with E-state index >= 15 is 0 Å². The minimum absolute atomic E-state index is 0.478. The fraction of sp³-hybridized carbons (Fsp3) is 0.583. The van der Waals surface area contributed by atoms with Crippen LogP contribution in [0.3, 0.4) is 0 Å². The number of hydrogen-bond donors (Lipinski definition) is 1. The molecule has 94 valence electrons. The van der Waals surface area contributed by atoms with Gasteiger partial charge in [-0.1, -0.05) is 11.6 Å². The number of nitrogens with zero attached hydrogens (tertiary/aromatic N) is 2. The molecule has 0 aromatic carbocycles. The van der Waals surface area contributed by atoms with Gasteiger partial charge in [-0.15, -0.1) is 0 Å². The van der Waals surface area contributed by atoms with Crippen LogP contribution in [0.15, 0.2) is 12.1 Å². The number of aromatic nitrogens is 1. The van der Waals surface area contributed by atoms with E-state index in [1.807, 2.05) is 19.2 Å². The first-order chi connectivity index (χ1) is 8.20. The zero-order valence-corrected chi connectivity index (χ0v) is 11.0. The third-order valence-electron chi connectivity index (χ3n) is 3.10. The Morgan fingerprint density at radius 3 is 3.06 bits per heavy atom. The Morgan fingerprint density at radius 1 is 1.59 bits per heavy atom. The summed E-state index contributed by atoms with van der Waals surface area (Å²) in [7, 11) is 3.94. The lowest BCUT2D eigenvalue weighted by Gasteiger charge is -2.22. The Labute approximate surface area is 107 Å². The van der Waals surface area contributed by atoms with Gasteiger partial charge in [-0.3, -0.25) is 4.90 Å². The van der Waals surface area contributed by atoms with Crippen molar-refractivity contribution in [3.05, 3.63) is 22.8 Å². The van der Waals surface area contributed by atoms with E-state index in [-0.39, 0.29) is 0 Å². The average Bonchev–Trinajstić information content (AvgIpc) is 2.85. The molecule has 5 heteroatoms. The summed E-state index contributed by atoms with van der Waals surface area (Å²) in [5, 5.41) is 3.74. The van der Waals surface area contributed by atoms with Crippen LogP contribution in [-0.4, -0.2) is 43.2 Å². The SMILES string of the molecule is CNc1ccc(Cl)c(CN(C)C2CCOC2)n1. The topological polar surface area (TPSA) is 37.4 Å². The molecule has 1 aliphatic rings. The quantitative estimate of drug-likeness (QED) is 0.893. The normalized spacial score (nSPS) is 19.9. The van der Waals surface area contributed by atoms with Gasteiger partial charge in [0.2, 0.25) is 0 Å². The van der Waals surface area contributed by atoms with E-state index in [9.17, 15) is 0 Å². The van der Waals surface area contributed by atoms with E-state index in [1.165, 1.54) is 0 Å². The van der Waals surface area contributed by atoms with E-state index in [0.29, 0.717) is 6.04 Å². The molecule has 17 heavy (non-hydrogen) atoms. The van der Waals surface area contributed by atoms with E-state index in [1.54, 1.807) is 0 Å². The summed E-state index contributed by atoms with van der Waals surface area (Å²) >= 11 is 6.16. The van der Waals surface area contributed by atoms with Crippen LogP contribution in [0.4, 0.5) is 5.82 Å². The lowest BCUT2D eigenvalue weighted by Crippen LogP contribution is -2.31. The molecule has 0 spiro atoms. The summed E-state index contributed by atoms with van der Waals surface area (Å²) in [6.07, 6.45) is 1.08. The van der Waals surface area contributed by atoms with Crippen molar-refractivity contribution in [2.45, 2.75) is 19.0 Å². The molecule has 0 aliphatic carbocycles. The van der Waals surface area contributed by atoms with Gasteiger partial charge in [0.1, 0.15) is 5.82 Å². The minimum atomic E-state index is 0.478. The van der Waals surface area contributed by atoms with E-state index < -0.39 is 0 Å². The summed E-state index contributed by atoms with van der Waals surface area (Å²) in [5.74, 6) is 0.848. The lowest BCUT2D eigenvalue weighted by molar-refractivity contribution is 0.156. The number of anilines is 1. The molecule has 1 fully saturated rings. The third kappa shape index (κ3) is 3.09. The first-order valence-electron chi connectivity index (χ1n) is 5.82. The molecule has 1 N–H and O–H groups in total. The smallest absolute Gasteiger partial charge is 0.126 e. The third-order valence-corrected chi connectivity index (χ3v) is 3.45. The van der Waals surface area contributed by atoms with Gasteiger partial charge in [-0.2, -0.15) is 0 Å². The van der Waals surface area contributed by atoms with Gasteiger partial charge in [-0.05, 0) is 25.6 Å². The number of ether oxygens (including phenoxy) is 1. The van der Waals surface area contributed by atoms with Crippen LogP contribution < -0.4 is 5.32 Å². The number of halogens is 1. The van der Waals surface area contributed by atoms with Gasteiger partial charge in [0.15, 0.2) is 0 Å². The van der Waals surface area contributed by atoms with Gasteiger partial charge in [-0.25, -0.2) is 4.98 Å². The van der Waals surface area contributed by atoms with Crippen molar-refractivity contribution in [2.75, 3.05) is 32.6 Å². The molecule has 2 heterocycles. The van der Waals surface area contributed by atoms with Crippen LogP contribution >= 0.6 is 11.6 Å². The molecule has 0 bridgehead atoms. The highest BCUT2D eigenvalue weighted by Gasteiger charge is 2.21. The zero-order chi connectivity index (χ0) is 12.3. The number of pyridine rings is 1. The molecule has 1 aliphatic heterocycles. The Bertz CT molecular complexity index is 380. The Kier molecular flexibility index (Phi) is 4.20. The molecule has 0 amide bonds. The highest BCUT2D eigenvalue weighted by molar-refractivity contribution is 6.31. The molecule has 2 rings (SSSR count). The van der Waals surface area contributed by atoms with Gasteiger partial charge in [0, 0.05) is 26.2 Å². The molecule has 1 saturated heterocycles. The van der Waals surface area contributed by atoms with E-state index in [4.69, 9.17) is 16.3 Å². The van der Waals surface area contributed by atoms with E-state index in [0.717, 1.165) is 42.7 Å². The fourth-order valence-electron chi connectivity index (χ4n) is 1.97. The number of hydrogen-bond acceptors (Lipinski definition) is 4. The zero-order valence-electron chi connectivity index (χ0n) is 10.2. The van der Waals surface area contributed by atoms with Gasteiger partial charge >= 0.3 is 0 Å². The van der Waals surface area contributed by atoms with E-state index in [2.05, 4.69) is 22.2 Å². The van der Waals surface area contributed by atoms with Gasteiger partial charge in [0.05, 0.1) is 17.3 Å². The summed E-state index contributed by atoms with van der Waals surface area (Å²) in [6, 6.07) is 4.24. The fourth-order valence-corrected chi connectivity index (χ4v) is 2.13. The molecular formula is C12H18ClN3O. The van der Waals surface area contributed by atoms with Crippen LogP contribution in [0.1, 0.15) is 12.1 Å². The van der Waals surface area contributed by atoms with Crippen molar-refractivity contribution in [1.29, 1.82) is 0 Å². The first kappa shape index (κ1) is 12.6. The maximum Gasteiger partial charge on any atom is 0.126 e. The highest BCUT2D eigenvalue weighted by atomic mass is 35.5. The molecule has 1 aromatic rings. The van der Waals surface area contributed by atoms with Gasteiger partial charge < -0.3 is 10.1 Å². The molecule has 0 radical (unpaired) electrons. The summed E-state index contributed by atoms with van der Waals surface area (Å²) < 4.78 is 5.38. The summed E-state index contributed by atoms with van der Waals surface area (Å²) in [4.78, 5) is 6.73. The monoisotopic (exact) mass is 255 g/mol. The Morgan fingerprint density at radius 2 is 2.41 bits per heavy atom. The molecular weight excluding hydrogens is 238 g/mol. The average molecular weight is 256 g/mol. The Balaban J connectivity index is 2.06. The summed E-state index contributed by atoms with van der Waals surface area (Å²) in [5.41, 5.74) is 0.910. The van der Waals surface area contributed by atoms with Crippen LogP contribution in [0.2, 0.25) is 5.02 Å². The second-order valence-electron chi connectivity index (χ2n) is 4.31. The Hall–Kier alpha value is -0.840. The maximum atomic E-state index is 6.16. The lowest BCUT2D eigenvalue weighted by atomic mass is 10.2. The van der Waals surface area contributed by atoms with Crippen molar-refractivity contribution in [3.8, 4) is 0 Å². The molecule has 0 saturated carbocycles. The molecule has 1 atom stereocenters. The minimum Gasteiger partial charge on any atom is -0.380 e. The first-order valence-corrected chi connectivity index (χ1v) is 6.19. The van der Waals surface area contributed by atoms with Crippen molar-refractivity contribution < 1.29 is 4.74 Å². The van der Waals surface area contributed by atoms with Gasteiger partial charge in [0.25, 0.3) is 0 Å². The summed E-state index contributed by atoms with van der Waals surface area (Å²) in [6.45, 7) is 2.41.